The van der Waals surface area contributed by atoms with Gasteiger partial charge in [0.05, 0.1) is 0 Å². The van der Waals surface area contributed by atoms with Crippen molar-refractivity contribution >= 4 is 5.91 Å². The fourth-order valence-corrected chi connectivity index (χ4v) is 2.29. The molecule has 0 aliphatic carbocycles. The Hall–Kier alpha value is -0.570. The predicted octanol–water partition coefficient (Wildman–Crippen LogP) is 0.813. The van der Waals surface area contributed by atoms with Crippen molar-refractivity contribution in [3.8, 4) is 0 Å². The molecule has 2 fully saturated rings. The minimum Gasteiger partial charge on any atom is -0.342 e. The smallest absolute Gasteiger partial charge is 0.222 e. The number of amides is 1. The molecule has 2 aliphatic heterocycles. The summed E-state index contributed by atoms with van der Waals surface area (Å²) >= 11 is 0. The van der Waals surface area contributed by atoms with E-state index in [1.165, 1.54) is 12.8 Å². The summed E-state index contributed by atoms with van der Waals surface area (Å²) in [5.74, 6) is 0.935. The second-order valence-corrected chi connectivity index (χ2v) is 4.33. The van der Waals surface area contributed by atoms with Gasteiger partial charge in [0.2, 0.25) is 5.91 Å². The third kappa shape index (κ3) is 2.47. The fraction of sp³-hybridized carbons (Fsp3) is 0.818. The summed E-state index contributed by atoms with van der Waals surface area (Å²) in [6, 6.07) is 0. The summed E-state index contributed by atoms with van der Waals surface area (Å²) in [4.78, 5) is 13.8. The van der Waals surface area contributed by atoms with Crippen molar-refractivity contribution in [3.63, 3.8) is 0 Å². The first-order valence-corrected chi connectivity index (χ1v) is 5.66. The Kier molecular flexibility index (Phi) is 3.40. The third-order valence-corrected chi connectivity index (χ3v) is 3.17. The maximum atomic E-state index is 11.8. The van der Waals surface area contributed by atoms with Gasteiger partial charge in [-0.2, -0.15) is 0 Å². The van der Waals surface area contributed by atoms with Gasteiger partial charge in [0, 0.05) is 19.5 Å². The van der Waals surface area contributed by atoms with E-state index < -0.39 is 0 Å². The summed E-state index contributed by atoms with van der Waals surface area (Å²) in [7, 11) is 0. The van der Waals surface area contributed by atoms with Gasteiger partial charge in [0.25, 0.3) is 0 Å². The molecule has 0 spiro atoms. The van der Waals surface area contributed by atoms with Gasteiger partial charge in [-0.3, -0.25) is 4.79 Å². The number of nitrogens with zero attached hydrogens (tertiary/aromatic N) is 1. The van der Waals surface area contributed by atoms with Crippen molar-refractivity contribution in [2.24, 2.45) is 5.92 Å². The SMILES string of the molecule is O=C(C[C@@H]1CCCNC1)N1C[CH]CC1. The Morgan fingerprint density at radius 1 is 1.57 bits per heavy atom. The van der Waals surface area contributed by atoms with Crippen molar-refractivity contribution in [1.29, 1.82) is 0 Å². The van der Waals surface area contributed by atoms with Crippen LogP contribution in [0.2, 0.25) is 0 Å². The fourth-order valence-electron chi connectivity index (χ4n) is 2.29. The monoisotopic (exact) mass is 195 g/mol. The van der Waals surface area contributed by atoms with Crippen molar-refractivity contribution in [3.05, 3.63) is 6.42 Å². The van der Waals surface area contributed by atoms with Crippen LogP contribution >= 0.6 is 0 Å². The molecule has 0 bridgehead atoms. The largest absolute Gasteiger partial charge is 0.342 e. The van der Waals surface area contributed by atoms with E-state index >= 15 is 0 Å². The maximum Gasteiger partial charge on any atom is 0.222 e. The molecule has 1 amide bonds. The Morgan fingerprint density at radius 3 is 3.14 bits per heavy atom. The van der Waals surface area contributed by atoms with E-state index in [2.05, 4.69) is 11.7 Å². The van der Waals surface area contributed by atoms with Crippen molar-refractivity contribution in [1.82, 2.24) is 10.2 Å². The zero-order valence-corrected chi connectivity index (χ0v) is 8.67. The van der Waals surface area contributed by atoms with E-state index in [1.807, 2.05) is 4.90 Å². The van der Waals surface area contributed by atoms with Crippen molar-refractivity contribution < 1.29 is 4.79 Å². The van der Waals surface area contributed by atoms with Crippen LogP contribution in [0, 0.1) is 12.3 Å². The first-order chi connectivity index (χ1) is 6.86. The van der Waals surface area contributed by atoms with Crippen LogP contribution in [0.5, 0.6) is 0 Å². The molecule has 79 valence electrons. The molecule has 3 nitrogen and oxygen atoms in total. The highest BCUT2D eigenvalue weighted by molar-refractivity contribution is 5.76. The van der Waals surface area contributed by atoms with E-state index in [4.69, 9.17) is 0 Å². The quantitative estimate of drug-likeness (QED) is 0.707. The molecule has 0 aromatic rings. The normalized spacial score (nSPS) is 28.0. The van der Waals surface area contributed by atoms with E-state index in [0.29, 0.717) is 11.8 Å². The average molecular weight is 195 g/mol. The summed E-state index contributed by atoms with van der Waals surface area (Å²) in [5, 5.41) is 3.35. The molecule has 2 heterocycles. The third-order valence-electron chi connectivity index (χ3n) is 3.17. The number of piperidine rings is 1. The molecular formula is C11H19N2O. The molecule has 2 rings (SSSR count). The lowest BCUT2D eigenvalue weighted by Crippen LogP contribution is -2.35. The van der Waals surface area contributed by atoms with Crippen molar-refractivity contribution in [2.45, 2.75) is 25.7 Å². The highest BCUT2D eigenvalue weighted by Crippen LogP contribution is 2.17. The molecule has 0 unspecified atom stereocenters. The Labute approximate surface area is 85.8 Å². The number of carbonyl (C=O) groups excluding carboxylic acids is 1. The second-order valence-electron chi connectivity index (χ2n) is 4.33. The topological polar surface area (TPSA) is 32.3 Å². The maximum absolute atomic E-state index is 11.8. The molecule has 2 aliphatic rings. The van der Waals surface area contributed by atoms with Crippen LogP contribution in [-0.4, -0.2) is 37.0 Å². The van der Waals surface area contributed by atoms with Crippen LogP contribution in [0.1, 0.15) is 25.7 Å². The number of carbonyl (C=O) groups is 1. The first kappa shape index (κ1) is 9.97. The van der Waals surface area contributed by atoms with Gasteiger partial charge in [0.1, 0.15) is 0 Å². The van der Waals surface area contributed by atoms with E-state index in [9.17, 15) is 4.79 Å². The van der Waals surface area contributed by atoms with Gasteiger partial charge < -0.3 is 10.2 Å². The van der Waals surface area contributed by atoms with Gasteiger partial charge in [-0.15, -0.1) is 0 Å². The van der Waals surface area contributed by atoms with Gasteiger partial charge in [-0.05, 0) is 44.7 Å². The number of rotatable bonds is 2. The predicted molar refractivity (Wildman–Crippen MR) is 55.7 cm³/mol. The Bertz CT molecular complexity index is 193. The molecule has 0 saturated carbocycles. The van der Waals surface area contributed by atoms with Gasteiger partial charge in [-0.1, -0.05) is 0 Å². The minimum atomic E-state index is 0.354. The molecule has 1 N–H and O–H groups in total. The van der Waals surface area contributed by atoms with Crippen LogP contribution < -0.4 is 5.32 Å². The van der Waals surface area contributed by atoms with Gasteiger partial charge >= 0.3 is 0 Å². The number of likely N-dealkylation sites (tertiary alicyclic amines) is 1. The Balaban J connectivity index is 1.75. The highest BCUT2D eigenvalue weighted by Gasteiger charge is 2.22. The molecule has 1 atom stereocenters. The zero-order chi connectivity index (χ0) is 9.80. The number of hydrogen-bond acceptors (Lipinski definition) is 2. The lowest BCUT2D eigenvalue weighted by Gasteiger charge is -2.24. The van der Waals surface area contributed by atoms with Crippen LogP contribution in [0.3, 0.4) is 0 Å². The van der Waals surface area contributed by atoms with E-state index in [0.717, 1.165) is 39.0 Å². The van der Waals surface area contributed by atoms with E-state index in [1.54, 1.807) is 0 Å². The highest BCUT2D eigenvalue weighted by atomic mass is 16.2. The summed E-state index contributed by atoms with van der Waals surface area (Å²) in [6.45, 7) is 3.98. The minimum absolute atomic E-state index is 0.354. The van der Waals surface area contributed by atoms with Gasteiger partial charge in [0.15, 0.2) is 0 Å². The summed E-state index contributed by atoms with van der Waals surface area (Å²) in [5.41, 5.74) is 0. The van der Waals surface area contributed by atoms with Crippen LogP contribution in [0.25, 0.3) is 0 Å². The molecule has 3 heteroatoms. The number of hydrogen-bond donors (Lipinski definition) is 1. The van der Waals surface area contributed by atoms with Crippen LogP contribution in [-0.2, 0) is 4.79 Å². The van der Waals surface area contributed by atoms with Crippen LogP contribution in [0.15, 0.2) is 0 Å². The molecular weight excluding hydrogens is 176 g/mol. The van der Waals surface area contributed by atoms with Gasteiger partial charge in [-0.25, -0.2) is 0 Å². The molecule has 0 aromatic carbocycles. The molecule has 14 heavy (non-hydrogen) atoms. The lowest BCUT2D eigenvalue weighted by atomic mass is 9.96. The average Bonchev–Trinajstić information content (AvgIpc) is 2.72. The van der Waals surface area contributed by atoms with E-state index in [-0.39, 0.29) is 0 Å². The first-order valence-electron chi connectivity index (χ1n) is 5.66. The molecule has 0 aromatic heterocycles. The zero-order valence-electron chi connectivity index (χ0n) is 8.67. The Morgan fingerprint density at radius 2 is 2.50 bits per heavy atom. The number of nitrogens with one attached hydrogen (secondary N) is 1. The van der Waals surface area contributed by atoms with Crippen molar-refractivity contribution in [2.75, 3.05) is 26.2 Å². The molecule has 2 saturated heterocycles. The van der Waals surface area contributed by atoms with Crippen LogP contribution in [0.4, 0.5) is 0 Å². The molecule has 1 radical (unpaired) electrons. The lowest BCUT2D eigenvalue weighted by molar-refractivity contribution is -0.131. The standard InChI is InChI=1S/C11H19N2O/c14-11(13-6-1-2-7-13)8-10-4-3-5-12-9-10/h1,10,12H,2-9H2/t10-/m0/s1. The summed E-state index contributed by atoms with van der Waals surface area (Å²) in [6.07, 6.45) is 6.47. The second kappa shape index (κ2) is 4.78. The summed E-state index contributed by atoms with van der Waals surface area (Å²) < 4.78 is 0.